The van der Waals surface area contributed by atoms with Gasteiger partial charge in [-0.05, 0) is 24.1 Å². The van der Waals surface area contributed by atoms with E-state index in [4.69, 9.17) is 4.74 Å². The Balaban J connectivity index is 2.50. The molecule has 0 radical (unpaired) electrons. The first-order valence-electron chi connectivity index (χ1n) is 5.67. The van der Waals surface area contributed by atoms with Crippen molar-refractivity contribution in [1.29, 1.82) is 0 Å². The molecule has 2 nitrogen and oxygen atoms in total. The van der Waals surface area contributed by atoms with Crippen molar-refractivity contribution >= 4 is 0 Å². The quantitative estimate of drug-likeness (QED) is 0.774. The Morgan fingerprint density at radius 3 is 2.80 bits per heavy atom. The third kappa shape index (κ3) is 4.84. The van der Waals surface area contributed by atoms with Crippen molar-refractivity contribution < 1.29 is 4.74 Å². The van der Waals surface area contributed by atoms with E-state index in [1.165, 1.54) is 5.56 Å². The minimum atomic E-state index is 0.519. The summed E-state index contributed by atoms with van der Waals surface area (Å²) in [6, 6.07) is 8.79. The monoisotopic (exact) mass is 207 g/mol. The lowest BCUT2D eigenvalue weighted by atomic mass is 10.2. The SMILES string of the molecule is CCCOc1cccc(CNC(C)C)c1. The van der Waals surface area contributed by atoms with Gasteiger partial charge in [-0.25, -0.2) is 0 Å². The molecule has 0 heterocycles. The topological polar surface area (TPSA) is 21.3 Å². The van der Waals surface area contributed by atoms with E-state index >= 15 is 0 Å². The molecule has 0 aliphatic carbocycles. The van der Waals surface area contributed by atoms with Crippen molar-refractivity contribution in [3.05, 3.63) is 29.8 Å². The summed E-state index contributed by atoms with van der Waals surface area (Å²) in [6.45, 7) is 8.11. The fraction of sp³-hybridized carbons (Fsp3) is 0.538. The maximum Gasteiger partial charge on any atom is 0.119 e. The lowest BCUT2D eigenvalue weighted by molar-refractivity contribution is 0.317. The van der Waals surface area contributed by atoms with Crippen molar-refractivity contribution in [3.8, 4) is 5.75 Å². The van der Waals surface area contributed by atoms with Gasteiger partial charge in [-0.1, -0.05) is 32.9 Å². The first-order valence-corrected chi connectivity index (χ1v) is 5.67. The standard InChI is InChI=1S/C13H21NO/c1-4-8-15-13-7-5-6-12(9-13)10-14-11(2)3/h5-7,9,11,14H,4,8,10H2,1-3H3. The molecular formula is C13H21NO. The average Bonchev–Trinajstić information content (AvgIpc) is 2.24. The highest BCUT2D eigenvalue weighted by Crippen LogP contribution is 2.13. The second-order valence-electron chi connectivity index (χ2n) is 4.03. The third-order valence-electron chi connectivity index (χ3n) is 2.09. The number of nitrogens with one attached hydrogen (secondary N) is 1. The summed E-state index contributed by atoms with van der Waals surface area (Å²) in [4.78, 5) is 0. The van der Waals surface area contributed by atoms with E-state index in [0.717, 1.165) is 25.3 Å². The van der Waals surface area contributed by atoms with Crippen molar-refractivity contribution in [2.45, 2.75) is 39.8 Å². The van der Waals surface area contributed by atoms with Crippen LogP contribution in [0, 0.1) is 0 Å². The molecule has 0 aliphatic heterocycles. The fourth-order valence-electron chi connectivity index (χ4n) is 1.29. The van der Waals surface area contributed by atoms with E-state index in [0.29, 0.717) is 6.04 Å². The van der Waals surface area contributed by atoms with Crippen molar-refractivity contribution in [2.75, 3.05) is 6.61 Å². The van der Waals surface area contributed by atoms with Crippen LogP contribution in [0.5, 0.6) is 5.75 Å². The van der Waals surface area contributed by atoms with E-state index < -0.39 is 0 Å². The average molecular weight is 207 g/mol. The summed E-state index contributed by atoms with van der Waals surface area (Å²) in [6.07, 6.45) is 1.05. The Labute approximate surface area is 92.6 Å². The molecule has 0 fully saturated rings. The second-order valence-corrected chi connectivity index (χ2v) is 4.03. The first-order chi connectivity index (χ1) is 7.22. The van der Waals surface area contributed by atoms with E-state index in [-0.39, 0.29) is 0 Å². The zero-order valence-electron chi connectivity index (χ0n) is 9.92. The van der Waals surface area contributed by atoms with Crippen molar-refractivity contribution in [2.24, 2.45) is 0 Å². The van der Waals surface area contributed by atoms with Gasteiger partial charge in [-0.2, -0.15) is 0 Å². The van der Waals surface area contributed by atoms with Crippen LogP contribution in [0.2, 0.25) is 0 Å². The fourth-order valence-corrected chi connectivity index (χ4v) is 1.29. The summed E-state index contributed by atoms with van der Waals surface area (Å²) >= 11 is 0. The number of hydrogen-bond acceptors (Lipinski definition) is 2. The lowest BCUT2D eigenvalue weighted by Crippen LogP contribution is -2.21. The maximum absolute atomic E-state index is 5.57. The van der Waals surface area contributed by atoms with Crippen LogP contribution in [0.3, 0.4) is 0 Å². The molecule has 0 saturated carbocycles. The highest BCUT2D eigenvalue weighted by Gasteiger charge is 1.97. The van der Waals surface area contributed by atoms with Gasteiger partial charge in [0.05, 0.1) is 6.61 Å². The Kier molecular flexibility index (Phi) is 5.19. The van der Waals surface area contributed by atoms with E-state index in [9.17, 15) is 0 Å². The molecule has 0 amide bonds. The molecule has 0 unspecified atom stereocenters. The molecule has 84 valence electrons. The Morgan fingerprint density at radius 1 is 1.33 bits per heavy atom. The minimum absolute atomic E-state index is 0.519. The summed E-state index contributed by atoms with van der Waals surface area (Å²) in [5, 5.41) is 3.39. The molecule has 0 spiro atoms. The number of hydrogen-bond donors (Lipinski definition) is 1. The first kappa shape index (κ1) is 12.1. The van der Waals surface area contributed by atoms with Gasteiger partial charge in [0.2, 0.25) is 0 Å². The number of benzene rings is 1. The van der Waals surface area contributed by atoms with E-state index in [1.54, 1.807) is 0 Å². The lowest BCUT2D eigenvalue weighted by Gasteiger charge is -2.10. The predicted molar refractivity (Wildman–Crippen MR) is 64.2 cm³/mol. The smallest absolute Gasteiger partial charge is 0.119 e. The zero-order chi connectivity index (χ0) is 11.1. The molecule has 1 rings (SSSR count). The molecule has 0 aromatic heterocycles. The van der Waals surface area contributed by atoms with Gasteiger partial charge in [-0.15, -0.1) is 0 Å². The van der Waals surface area contributed by atoms with E-state index in [2.05, 4.69) is 38.2 Å². The van der Waals surface area contributed by atoms with Gasteiger partial charge in [0, 0.05) is 12.6 Å². The van der Waals surface area contributed by atoms with Gasteiger partial charge in [0.25, 0.3) is 0 Å². The number of ether oxygens (including phenoxy) is 1. The summed E-state index contributed by atoms with van der Waals surface area (Å²) in [5.74, 6) is 0.972. The van der Waals surface area contributed by atoms with Crippen LogP contribution < -0.4 is 10.1 Å². The van der Waals surface area contributed by atoms with Crippen molar-refractivity contribution in [3.63, 3.8) is 0 Å². The highest BCUT2D eigenvalue weighted by atomic mass is 16.5. The van der Waals surface area contributed by atoms with Crippen LogP contribution in [-0.2, 0) is 6.54 Å². The molecule has 0 saturated heterocycles. The molecule has 1 aromatic rings. The molecule has 2 heteroatoms. The van der Waals surface area contributed by atoms with Crippen LogP contribution >= 0.6 is 0 Å². The predicted octanol–water partition coefficient (Wildman–Crippen LogP) is 2.97. The minimum Gasteiger partial charge on any atom is -0.494 e. The summed E-state index contributed by atoms with van der Waals surface area (Å²) in [5.41, 5.74) is 1.28. The number of rotatable bonds is 6. The molecular weight excluding hydrogens is 186 g/mol. The van der Waals surface area contributed by atoms with Gasteiger partial charge in [0.15, 0.2) is 0 Å². The Bertz CT molecular complexity index is 284. The molecule has 0 atom stereocenters. The van der Waals surface area contributed by atoms with Crippen LogP contribution in [-0.4, -0.2) is 12.6 Å². The Morgan fingerprint density at radius 2 is 2.13 bits per heavy atom. The van der Waals surface area contributed by atoms with E-state index in [1.807, 2.05) is 12.1 Å². The normalized spacial score (nSPS) is 10.7. The van der Waals surface area contributed by atoms with Crippen LogP contribution in [0.1, 0.15) is 32.8 Å². The van der Waals surface area contributed by atoms with Gasteiger partial charge in [-0.3, -0.25) is 0 Å². The highest BCUT2D eigenvalue weighted by molar-refractivity contribution is 5.28. The third-order valence-corrected chi connectivity index (χ3v) is 2.09. The second kappa shape index (κ2) is 6.46. The molecule has 0 aliphatic rings. The van der Waals surface area contributed by atoms with Gasteiger partial charge in [0.1, 0.15) is 5.75 Å². The zero-order valence-corrected chi connectivity index (χ0v) is 9.92. The Hall–Kier alpha value is -1.02. The summed E-state index contributed by atoms with van der Waals surface area (Å²) < 4.78 is 5.57. The van der Waals surface area contributed by atoms with Crippen LogP contribution in [0.25, 0.3) is 0 Å². The molecule has 1 aromatic carbocycles. The summed E-state index contributed by atoms with van der Waals surface area (Å²) in [7, 11) is 0. The van der Waals surface area contributed by atoms with Crippen LogP contribution in [0.4, 0.5) is 0 Å². The largest absolute Gasteiger partial charge is 0.494 e. The molecule has 0 bridgehead atoms. The van der Waals surface area contributed by atoms with Gasteiger partial charge < -0.3 is 10.1 Å². The molecule has 1 N–H and O–H groups in total. The van der Waals surface area contributed by atoms with Crippen LogP contribution in [0.15, 0.2) is 24.3 Å². The van der Waals surface area contributed by atoms with Crippen molar-refractivity contribution in [1.82, 2.24) is 5.32 Å². The van der Waals surface area contributed by atoms with Gasteiger partial charge >= 0.3 is 0 Å². The molecule has 15 heavy (non-hydrogen) atoms. The maximum atomic E-state index is 5.57.